The van der Waals surface area contributed by atoms with Crippen molar-refractivity contribution in [3.05, 3.63) is 47.7 Å². The van der Waals surface area contributed by atoms with E-state index in [2.05, 4.69) is 10.4 Å². The largest absolute Gasteiger partial charge is 0.449 e. The molecule has 2 aromatic rings. The van der Waals surface area contributed by atoms with Crippen LogP contribution in [0.1, 0.15) is 49.7 Å². The predicted molar refractivity (Wildman–Crippen MR) is 91.9 cm³/mol. The molecule has 0 bridgehead atoms. The number of esters is 1. The number of hydrogen-bond donors (Lipinski definition) is 1. The fraction of sp³-hybridized carbons (Fsp3) is 0.389. The average molecular weight is 329 g/mol. The minimum Gasteiger partial charge on any atom is -0.449 e. The number of amides is 1. The predicted octanol–water partition coefficient (Wildman–Crippen LogP) is 3.21. The van der Waals surface area contributed by atoms with E-state index in [1.54, 1.807) is 36.0 Å². The number of hydrogen-bond acceptors (Lipinski definition) is 4. The quantitative estimate of drug-likeness (QED) is 0.826. The first-order valence-electron chi connectivity index (χ1n) is 8.06. The van der Waals surface area contributed by atoms with Crippen LogP contribution in [-0.4, -0.2) is 27.8 Å². The SMILES string of the molecule is CCc1ccc(C(=O)OC(C)C(=O)Nc2ccnn2C(C)C)cc1. The third-order valence-electron chi connectivity index (χ3n) is 3.66. The number of anilines is 1. The molecule has 0 saturated heterocycles. The van der Waals surface area contributed by atoms with Crippen LogP contribution in [-0.2, 0) is 16.0 Å². The molecule has 1 unspecified atom stereocenters. The van der Waals surface area contributed by atoms with Gasteiger partial charge in [0, 0.05) is 12.1 Å². The lowest BCUT2D eigenvalue weighted by molar-refractivity contribution is -0.123. The molecule has 0 aliphatic rings. The molecule has 2 rings (SSSR count). The van der Waals surface area contributed by atoms with Crippen LogP contribution >= 0.6 is 0 Å². The summed E-state index contributed by atoms with van der Waals surface area (Å²) in [5.74, 6) is -0.334. The molecular weight excluding hydrogens is 306 g/mol. The molecule has 1 aromatic heterocycles. The molecule has 0 fully saturated rings. The molecular formula is C18H23N3O3. The Balaban J connectivity index is 1.97. The van der Waals surface area contributed by atoms with E-state index in [0.29, 0.717) is 11.4 Å². The molecule has 1 N–H and O–H groups in total. The molecule has 0 radical (unpaired) electrons. The lowest BCUT2D eigenvalue weighted by Crippen LogP contribution is -2.31. The van der Waals surface area contributed by atoms with Crippen LogP contribution in [0.5, 0.6) is 0 Å². The molecule has 1 aromatic carbocycles. The number of aromatic nitrogens is 2. The van der Waals surface area contributed by atoms with E-state index >= 15 is 0 Å². The van der Waals surface area contributed by atoms with Crippen molar-refractivity contribution in [2.75, 3.05) is 5.32 Å². The van der Waals surface area contributed by atoms with Crippen LogP contribution in [0.3, 0.4) is 0 Å². The Bertz CT molecular complexity index is 705. The van der Waals surface area contributed by atoms with Crippen molar-refractivity contribution in [3.63, 3.8) is 0 Å². The summed E-state index contributed by atoms with van der Waals surface area (Å²) in [6.45, 7) is 7.52. The molecule has 6 nitrogen and oxygen atoms in total. The van der Waals surface area contributed by atoms with E-state index in [9.17, 15) is 9.59 Å². The molecule has 128 valence electrons. The van der Waals surface area contributed by atoms with Gasteiger partial charge in [-0.2, -0.15) is 5.10 Å². The first-order chi connectivity index (χ1) is 11.4. The van der Waals surface area contributed by atoms with Crippen LogP contribution < -0.4 is 5.32 Å². The zero-order chi connectivity index (χ0) is 17.7. The Morgan fingerprint density at radius 1 is 1.17 bits per heavy atom. The van der Waals surface area contributed by atoms with Gasteiger partial charge in [-0.15, -0.1) is 0 Å². The number of nitrogens with zero attached hydrogens (tertiary/aromatic N) is 2. The van der Waals surface area contributed by atoms with Gasteiger partial charge in [0.2, 0.25) is 0 Å². The second-order valence-corrected chi connectivity index (χ2v) is 5.84. The number of carbonyl (C=O) groups excluding carboxylic acids is 2. The Labute approximate surface area is 141 Å². The number of nitrogens with one attached hydrogen (secondary N) is 1. The third-order valence-corrected chi connectivity index (χ3v) is 3.66. The molecule has 6 heteroatoms. The molecule has 1 amide bonds. The van der Waals surface area contributed by atoms with Crippen LogP contribution in [0, 0.1) is 0 Å². The monoisotopic (exact) mass is 329 g/mol. The van der Waals surface area contributed by atoms with E-state index in [0.717, 1.165) is 12.0 Å². The Kier molecular flexibility index (Phi) is 5.73. The van der Waals surface area contributed by atoms with Crippen LogP contribution in [0.15, 0.2) is 36.5 Å². The molecule has 24 heavy (non-hydrogen) atoms. The molecule has 1 heterocycles. The molecule has 0 aliphatic carbocycles. The highest BCUT2D eigenvalue weighted by Gasteiger charge is 2.20. The van der Waals surface area contributed by atoms with E-state index < -0.39 is 18.0 Å². The number of ether oxygens (including phenoxy) is 1. The van der Waals surface area contributed by atoms with Gasteiger partial charge in [0.1, 0.15) is 5.82 Å². The highest BCUT2D eigenvalue weighted by molar-refractivity contribution is 5.96. The van der Waals surface area contributed by atoms with E-state index in [1.807, 2.05) is 32.9 Å². The van der Waals surface area contributed by atoms with Crippen molar-refractivity contribution in [3.8, 4) is 0 Å². The zero-order valence-corrected chi connectivity index (χ0v) is 14.4. The van der Waals surface area contributed by atoms with Crippen molar-refractivity contribution in [1.82, 2.24) is 9.78 Å². The Hall–Kier alpha value is -2.63. The number of rotatable bonds is 6. The lowest BCUT2D eigenvalue weighted by atomic mass is 10.1. The van der Waals surface area contributed by atoms with Gasteiger partial charge in [-0.25, -0.2) is 9.48 Å². The first kappa shape index (κ1) is 17.7. The van der Waals surface area contributed by atoms with Gasteiger partial charge in [0.25, 0.3) is 5.91 Å². The molecule has 0 aliphatic heterocycles. The highest BCUT2D eigenvalue weighted by Crippen LogP contribution is 2.14. The van der Waals surface area contributed by atoms with Crippen molar-refractivity contribution in [2.24, 2.45) is 0 Å². The van der Waals surface area contributed by atoms with E-state index in [-0.39, 0.29) is 6.04 Å². The van der Waals surface area contributed by atoms with E-state index in [1.165, 1.54) is 0 Å². The summed E-state index contributed by atoms with van der Waals surface area (Å²) in [5.41, 5.74) is 1.57. The zero-order valence-electron chi connectivity index (χ0n) is 14.4. The topological polar surface area (TPSA) is 73.2 Å². The average Bonchev–Trinajstić information content (AvgIpc) is 3.03. The van der Waals surface area contributed by atoms with Gasteiger partial charge in [-0.1, -0.05) is 19.1 Å². The van der Waals surface area contributed by atoms with Crippen molar-refractivity contribution in [1.29, 1.82) is 0 Å². The summed E-state index contributed by atoms with van der Waals surface area (Å²) in [6, 6.07) is 8.99. The molecule has 0 saturated carbocycles. The maximum Gasteiger partial charge on any atom is 0.338 e. The fourth-order valence-electron chi connectivity index (χ4n) is 2.21. The second-order valence-electron chi connectivity index (χ2n) is 5.84. The van der Waals surface area contributed by atoms with E-state index in [4.69, 9.17) is 4.74 Å². The Morgan fingerprint density at radius 3 is 2.42 bits per heavy atom. The van der Waals surface area contributed by atoms with Crippen LogP contribution in [0.4, 0.5) is 5.82 Å². The summed E-state index contributed by atoms with van der Waals surface area (Å²) in [6.07, 6.45) is 1.61. The molecule has 0 spiro atoms. The molecule has 1 atom stereocenters. The summed E-state index contributed by atoms with van der Waals surface area (Å²) in [5, 5.41) is 6.88. The van der Waals surface area contributed by atoms with Crippen LogP contribution in [0.2, 0.25) is 0 Å². The van der Waals surface area contributed by atoms with Gasteiger partial charge in [-0.3, -0.25) is 4.79 Å². The Morgan fingerprint density at radius 2 is 1.83 bits per heavy atom. The minimum atomic E-state index is -0.904. The smallest absolute Gasteiger partial charge is 0.338 e. The van der Waals surface area contributed by atoms with Crippen molar-refractivity contribution < 1.29 is 14.3 Å². The summed E-state index contributed by atoms with van der Waals surface area (Å²) in [7, 11) is 0. The number of benzene rings is 1. The first-order valence-corrected chi connectivity index (χ1v) is 8.06. The van der Waals surface area contributed by atoms with Gasteiger partial charge in [0.05, 0.1) is 11.8 Å². The minimum absolute atomic E-state index is 0.116. The van der Waals surface area contributed by atoms with Gasteiger partial charge >= 0.3 is 5.97 Å². The van der Waals surface area contributed by atoms with Gasteiger partial charge in [0.15, 0.2) is 6.10 Å². The third kappa shape index (κ3) is 4.22. The lowest BCUT2D eigenvalue weighted by Gasteiger charge is -2.15. The van der Waals surface area contributed by atoms with Gasteiger partial charge in [-0.05, 0) is 44.9 Å². The van der Waals surface area contributed by atoms with Crippen molar-refractivity contribution in [2.45, 2.75) is 46.3 Å². The number of carbonyl (C=O) groups is 2. The van der Waals surface area contributed by atoms with Crippen molar-refractivity contribution >= 4 is 17.7 Å². The maximum atomic E-state index is 12.2. The van der Waals surface area contributed by atoms with Gasteiger partial charge < -0.3 is 10.1 Å². The summed E-state index contributed by atoms with van der Waals surface area (Å²) in [4.78, 5) is 24.3. The maximum absolute atomic E-state index is 12.2. The number of aryl methyl sites for hydroxylation is 1. The normalized spacial score (nSPS) is 12.0. The summed E-state index contributed by atoms with van der Waals surface area (Å²) < 4.78 is 6.93. The fourth-order valence-corrected chi connectivity index (χ4v) is 2.21. The highest BCUT2D eigenvalue weighted by atomic mass is 16.5. The second kappa shape index (κ2) is 7.77. The summed E-state index contributed by atoms with van der Waals surface area (Å²) >= 11 is 0. The van der Waals surface area contributed by atoms with Crippen LogP contribution in [0.25, 0.3) is 0 Å². The standard InChI is InChI=1S/C18H23N3O3/c1-5-14-6-8-15(9-7-14)18(23)24-13(4)17(22)20-16-10-11-19-21(16)12(2)3/h6-13H,5H2,1-4H3,(H,20,22).